The fourth-order valence-electron chi connectivity index (χ4n) is 3.44. The van der Waals surface area contributed by atoms with Gasteiger partial charge in [0.25, 0.3) is 0 Å². The van der Waals surface area contributed by atoms with Crippen molar-refractivity contribution >= 4 is 11.9 Å². The third kappa shape index (κ3) is 3.03. The number of hydrogen-bond donors (Lipinski definition) is 1. The Bertz CT molecular complexity index is 326. The molecule has 1 saturated heterocycles. The van der Waals surface area contributed by atoms with Crippen LogP contribution in [0.5, 0.6) is 0 Å². The largest absolute Gasteiger partial charge is 0.481 e. The molecule has 0 aromatic rings. The van der Waals surface area contributed by atoms with Crippen LogP contribution in [0.3, 0.4) is 0 Å². The second-order valence-corrected chi connectivity index (χ2v) is 6.37. The maximum atomic E-state index is 12.1. The monoisotopic (exact) mass is 253 g/mol. The van der Waals surface area contributed by atoms with Crippen LogP contribution >= 0.6 is 0 Å². The molecule has 1 aliphatic carbocycles. The summed E-state index contributed by atoms with van der Waals surface area (Å²) in [5.74, 6) is 0.590. The van der Waals surface area contributed by atoms with Gasteiger partial charge in [-0.15, -0.1) is 0 Å². The molecule has 0 spiro atoms. The van der Waals surface area contributed by atoms with E-state index < -0.39 is 5.97 Å². The number of carboxylic acid groups (broad SMARTS) is 1. The van der Waals surface area contributed by atoms with Gasteiger partial charge in [-0.2, -0.15) is 0 Å². The van der Waals surface area contributed by atoms with Crippen molar-refractivity contribution in [2.75, 3.05) is 13.1 Å². The number of carbonyl (C=O) groups is 2. The van der Waals surface area contributed by atoms with Gasteiger partial charge in [-0.25, -0.2) is 0 Å². The fourth-order valence-corrected chi connectivity index (χ4v) is 3.44. The Balaban J connectivity index is 1.94. The summed E-state index contributed by atoms with van der Waals surface area (Å²) in [5.41, 5.74) is 0. The molecule has 1 heterocycles. The van der Waals surface area contributed by atoms with Gasteiger partial charge in [0, 0.05) is 19.5 Å². The number of fused-ring (bicyclic) bond motifs is 2. The molecule has 2 aliphatic rings. The van der Waals surface area contributed by atoms with Gasteiger partial charge < -0.3 is 10.0 Å². The normalized spacial score (nSPS) is 31.5. The van der Waals surface area contributed by atoms with E-state index in [1.165, 1.54) is 0 Å². The first-order valence-electron chi connectivity index (χ1n) is 6.96. The molecule has 0 radical (unpaired) electrons. The molecule has 4 heteroatoms. The van der Waals surface area contributed by atoms with Gasteiger partial charge in [0.1, 0.15) is 0 Å². The van der Waals surface area contributed by atoms with Crippen LogP contribution in [-0.4, -0.2) is 35.0 Å². The van der Waals surface area contributed by atoms with E-state index in [1.807, 2.05) is 4.90 Å². The number of likely N-dealkylation sites (tertiary alicyclic amines) is 1. The highest BCUT2D eigenvalue weighted by Crippen LogP contribution is 2.38. The van der Waals surface area contributed by atoms with E-state index in [-0.39, 0.29) is 11.8 Å². The Kier molecular flexibility index (Phi) is 3.93. The molecule has 2 bridgehead atoms. The molecule has 1 N–H and O–H groups in total. The van der Waals surface area contributed by atoms with Crippen molar-refractivity contribution in [3.8, 4) is 0 Å². The van der Waals surface area contributed by atoms with Crippen LogP contribution in [0.25, 0.3) is 0 Å². The van der Waals surface area contributed by atoms with Gasteiger partial charge in [0.2, 0.25) is 5.91 Å². The van der Waals surface area contributed by atoms with E-state index in [4.69, 9.17) is 5.11 Å². The van der Waals surface area contributed by atoms with Gasteiger partial charge in [-0.1, -0.05) is 13.8 Å². The van der Waals surface area contributed by atoms with E-state index in [1.54, 1.807) is 0 Å². The summed E-state index contributed by atoms with van der Waals surface area (Å²) in [7, 11) is 0. The first kappa shape index (κ1) is 13.4. The molecule has 2 rings (SSSR count). The zero-order valence-electron chi connectivity index (χ0n) is 11.3. The zero-order chi connectivity index (χ0) is 13.3. The summed E-state index contributed by atoms with van der Waals surface area (Å²) in [4.78, 5) is 25.1. The molecular formula is C14H23NO3. The maximum Gasteiger partial charge on any atom is 0.306 e. The van der Waals surface area contributed by atoms with Crippen molar-refractivity contribution in [3.63, 3.8) is 0 Å². The lowest BCUT2D eigenvalue weighted by Crippen LogP contribution is -2.48. The van der Waals surface area contributed by atoms with Crippen molar-refractivity contribution in [2.24, 2.45) is 23.7 Å². The van der Waals surface area contributed by atoms with E-state index >= 15 is 0 Å². The highest BCUT2D eigenvalue weighted by Gasteiger charge is 2.38. The Morgan fingerprint density at radius 2 is 1.72 bits per heavy atom. The number of amides is 1. The van der Waals surface area contributed by atoms with Crippen LogP contribution in [0.4, 0.5) is 0 Å². The van der Waals surface area contributed by atoms with Gasteiger partial charge in [-0.05, 0) is 37.0 Å². The molecule has 0 aromatic heterocycles. The van der Waals surface area contributed by atoms with Crippen molar-refractivity contribution in [1.82, 2.24) is 4.90 Å². The lowest BCUT2D eigenvalue weighted by molar-refractivity contribution is -0.146. The quantitative estimate of drug-likeness (QED) is 0.837. The minimum absolute atomic E-state index is 0.184. The smallest absolute Gasteiger partial charge is 0.306 e. The topological polar surface area (TPSA) is 57.6 Å². The number of aliphatic carboxylic acids is 1. The lowest BCUT2D eigenvalue weighted by atomic mass is 9.72. The molecular weight excluding hydrogens is 230 g/mol. The van der Waals surface area contributed by atoms with Gasteiger partial charge in [0.15, 0.2) is 0 Å². The van der Waals surface area contributed by atoms with Crippen LogP contribution in [0.1, 0.15) is 39.5 Å². The minimum atomic E-state index is -0.661. The summed E-state index contributed by atoms with van der Waals surface area (Å²) in [6, 6.07) is 0. The molecule has 1 aliphatic heterocycles. The zero-order valence-corrected chi connectivity index (χ0v) is 11.3. The Hall–Kier alpha value is -1.06. The van der Waals surface area contributed by atoms with Crippen molar-refractivity contribution < 1.29 is 14.7 Å². The predicted molar refractivity (Wildman–Crippen MR) is 68.0 cm³/mol. The molecule has 1 saturated carbocycles. The van der Waals surface area contributed by atoms with Gasteiger partial charge in [0.05, 0.1) is 5.92 Å². The Morgan fingerprint density at radius 3 is 2.17 bits per heavy atom. The standard InChI is InChI=1S/C14H23NO3/c1-9(2)3-13(16)15-7-10-4-11(8-15)6-12(5-10)14(17)18/h9-12H,3-8H2,1-2H3,(H,17,18). The highest BCUT2D eigenvalue weighted by molar-refractivity contribution is 5.76. The minimum Gasteiger partial charge on any atom is -0.481 e. The van der Waals surface area contributed by atoms with Crippen molar-refractivity contribution in [2.45, 2.75) is 39.5 Å². The molecule has 2 fully saturated rings. The third-order valence-corrected chi connectivity index (χ3v) is 4.14. The second-order valence-electron chi connectivity index (χ2n) is 6.37. The molecule has 1 amide bonds. The third-order valence-electron chi connectivity index (χ3n) is 4.14. The number of piperidine rings is 1. The molecule has 4 nitrogen and oxygen atoms in total. The van der Waals surface area contributed by atoms with Crippen LogP contribution in [-0.2, 0) is 9.59 Å². The molecule has 2 unspecified atom stereocenters. The van der Waals surface area contributed by atoms with E-state index in [0.29, 0.717) is 24.2 Å². The highest BCUT2D eigenvalue weighted by atomic mass is 16.4. The summed E-state index contributed by atoms with van der Waals surface area (Å²) >= 11 is 0. The van der Waals surface area contributed by atoms with Crippen LogP contribution in [0.15, 0.2) is 0 Å². The lowest BCUT2D eigenvalue weighted by Gasteiger charge is -2.43. The summed E-state index contributed by atoms with van der Waals surface area (Å²) in [5, 5.41) is 9.11. The fraction of sp³-hybridized carbons (Fsp3) is 0.857. The average Bonchev–Trinajstić information content (AvgIpc) is 2.26. The van der Waals surface area contributed by atoms with E-state index in [0.717, 1.165) is 32.4 Å². The summed E-state index contributed by atoms with van der Waals surface area (Å²) in [6.45, 7) is 5.66. The summed E-state index contributed by atoms with van der Waals surface area (Å²) < 4.78 is 0. The van der Waals surface area contributed by atoms with Gasteiger partial charge in [-0.3, -0.25) is 9.59 Å². The molecule has 0 aromatic carbocycles. The van der Waals surface area contributed by atoms with Crippen LogP contribution in [0.2, 0.25) is 0 Å². The number of nitrogens with zero attached hydrogens (tertiary/aromatic N) is 1. The number of carbonyl (C=O) groups excluding carboxylic acids is 1. The van der Waals surface area contributed by atoms with Crippen molar-refractivity contribution in [3.05, 3.63) is 0 Å². The van der Waals surface area contributed by atoms with Crippen LogP contribution in [0, 0.1) is 23.7 Å². The van der Waals surface area contributed by atoms with Crippen molar-refractivity contribution in [1.29, 1.82) is 0 Å². The molecule has 18 heavy (non-hydrogen) atoms. The van der Waals surface area contributed by atoms with E-state index in [2.05, 4.69) is 13.8 Å². The first-order valence-corrected chi connectivity index (χ1v) is 6.96. The molecule has 102 valence electrons. The number of rotatable bonds is 3. The Labute approximate surface area is 108 Å². The Morgan fingerprint density at radius 1 is 1.17 bits per heavy atom. The number of hydrogen-bond acceptors (Lipinski definition) is 2. The average molecular weight is 253 g/mol. The van der Waals surface area contributed by atoms with Crippen LogP contribution < -0.4 is 0 Å². The van der Waals surface area contributed by atoms with E-state index in [9.17, 15) is 9.59 Å². The molecule has 2 atom stereocenters. The maximum absolute atomic E-state index is 12.1. The van der Waals surface area contributed by atoms with Gasteiger partial charge >= 0.3 is 5.97 Å². The predicted octanol–water partition coefficient (Wildman–Crippen LogP) is 1.99. The number of carboxylic acids is 1. The first-order chi connectivity index (χ1) is 8.45. The SMILES string of the molecule is CC(C)CC(=O)N1CC2CC(CC(C(=O)O)C2)C1. The summed E-state index contributed by atoms with van der Waals surface area (Å²) in [6.07, 6.45) is 3.21. The second kappa shape index (κ2) is 5.29.